The molecule has 1 rings (SSSR count). The standard InChI is InChI=1S/C12H20FN3/c1-3-5-6-10(4-2)16-12-7-11(8-13)14-9-15-12/h7,9-10H,3-6,8H2,1-2H3,(H,14,15,16)/t10-/m0/s1. The van der Waals surface area contributed by atoms with Gasteiger partial charge in [0.25, 0.3) is 0 Å². The van der Waals surface area contributed by atoms with Crippen molar-refractivity contribution in [1.29, 1.82) is 0 Å². The molecule has 1 heterocycles. The number of anilines is 1. The van der Waals surface area contributed by atoms with E-state index in [1.807, 2.05) is 0 Å². The van der Waals surface area contributed by atoms with Gasteiger partial charge in [0.05, 0.1) is 5.69 Å². The van der Waals surface area contributed by atoms with Gasteiger partial charge >= 0.3 is 0 Å². The highest BCUT2D eigenvalue weighted by atomic mass is 19.1. The number of hydrogen-bond donors (Lipinski definition) is 1. The van der Waals surface area contributed by atoms with Crippen LogP contribution in [0.3, 0.4) is 0 Å². The Labute approximate surface area is 96.5 Å². The smallest absolute Gasteiger partial charge is 0.132 e. The molecule has 16 heavy (non-hydrogen) atoms. The summed E-state index contributed by atoms with van der Waals surface area (Å²) in [5, 5.41) is 3.32. The number of alkyl halides is 1. The minimum Gasteiger partial charge on any atom is -0.367 e. The van der Waals surface area contributed by atoms with Crippen molar-refractivity contribution in [2.24, 2.45) is 0 Å². The van der Waals surface area contributed by atoms with Crippen molar-refractivity contribution in [3.05, 3.63) is 18.1 Å². The van der Waals surface area contributed by atoms with Gasteiger partial charge in [0, 0.05) is 12.1 Å². The Kier molecular flexibility index (Phi) is 5.75. The van der Waals surface area contributed by atoms with E-state index in [1.54, 1.807) is 6.07 Å². The first kappa shape index (κ1) is 12.9. The zero-order valence-electron chi connectivity index (χ0n) is 10.0. The Morgan fingerprint density at radius 2 is 2.19 bits per heavy atom. The van der Waals surface area contributed by atoms with E-state index in [-0.39, 0.29) is 0 Å². The van der Waals surface area contributed by atoms with Crippen molar-refractivity contribution in [1.82, 2.24) is 9.97 Å². The van der Waals surface area contributed by atoms with Crippen LogP contribution in [0.2, 0.25) is 0 Å². The summed E-state index contributed by atoms with van der Waals surface area (Å²) in [6.07, 6.45) is 5.98. The summed E-state index contributed by atoms with van der Waals surface area (Å²) in [5.41, 5.74) is 0.433. The van der Waals surface area contributed by atoms with E-state index in [0.29, 0.717) is 11.7 Å². The molecule has 0 radical (unpaired) electrons. The second-order valence-electron chi connectivity index (χ2n) is 3.92. The molecule has 0 fully saturated rings. The summed E-state index contributed by atoms with van der Waals surface area (Å²) in [7, 11) is 0. The molecule has 3 nitrogen and oxygen atoms in total. The molecule has 90 valence electrons. The monoisotopic (exact) mass is 225 g/mol. The number of aromatic nitrogens is 2. The molecule has 1 aromatic heterocycles. The summed E-state index contributed by atoms with van der Waals surface area (Å²) in [5.74, 6) is 0.727. The molecule has 0 aromatic carbocycles. The highest BCUT2D eigenvalue weighted by molar-refractivity contribution is 5.35. The molecule has 1 atom stereocenters. The summed E-state index contributed by atoms with van der Waals surface area (Å²) >= 11 is 0. The molecule has 0 aliphatic rings. The van der Waals surface area contributed by atoms with Crippen LogP contribution in [0, 0.1) is 0 Å². The molecule has 1 aromatic rings. The summed E-state index contributed by atoms with van der Waals surface area (Å²) in [4.78, 5) is 7.92. The van der Waals surface area contributed by atoms with Crippen LogP contribution in [-0.4, -0.2) is 16.0 Å². The van der Waals surface area contributed by atoms with Crippen LogP contribution in [0.1, 0.15) is 45.2 Å². The van der Waals surface area contributed by atoms with E-state index in [2.05, 4.69) is 29.1 Å². The van der Waals surface area contributed by atoms with Crippen LogP contribution < -0.4 is 5.32 Å². The maximum atomic E-state index is 12.4. The predicted molar refractivity (Wildman–Crippen MR) is 64.1 cm³/mol. The van der Waals surface area contributed by atoms with E-state index in [0.717, 1.165) is 18.7 Å². The van der Waals surface area contributed by atoms with Crippen molar-refractivity contribution < 1.29 is 4.39 Å². The topological polar surface area (TPSA) is 37.8 Å². The average molecular weight is 225 g/mol. The number of rotatable bonds is 7. The third-order valence-electron chi connectivity index (χ3n) is 2.61. The largest absolute Gasteiger partial charge is 0.367 e. The van der Waals surface area contributed by atoms with Gasteiger partial charge in [-0.25, -0.2) is 14.4 Å². The normalized spacial score (nSPS) is 12.4. The Morgan fingerprint density at radius 1 is 1.38 bits per heavy atom. The maximum absolute atomic E-state index is 12.4. The first-order valence-electron chi connectivity index (χ1n) is 5.93. The zero-order chi connectivity index (χ0) is 11.8. The quantitative estimate of drug-likeness (QED) is 0.773. The second-order valence-corrected chi connectivity index (χ2v) is 3.92. The molecule has 0 spiro atoms. The van der Waals surface area contributed by atoms with Gasteiger partial charge in [-0.3, -0.25) is 0 Å². The lowest BCUT2D eigenvalue weighted by Crippen LogP contribution is -2.19. The van der Waals surface area contributed by atoms with Crippen molar-refractivity contribution in [2.45, 2.75) is 52.2 Å². The van der Waals surface area contributed by atoms with E-state index in [1.165, 1.54) is 19.2 Å². The molecule has 4 heteroatoms. The Balaban J connectivity index is 2.55. The SMILES string of the molecule is CCCC[C@H](CC)Nc1cc(CF)ncn1. The fourth-order valence-corrected chi connectivity index (χ4v) is 1.59. The van der Waals surface area contributed by atoms with Gasteiger partial charge in [-0.05, 0) is 12.8 Å². The number of unbranched alkanes of at least 4 members (excludes halogenated alkanes) is 1. The van der Waals surface area contributed by atoms with Crippen molar-refractivity contribution in [2.75, 3.05) is 5.32 Å². The highest BCUT2D eigenvalue weighted by Crippen LogP contribution is 2.12. The fraction of sp³-hybridized carbons (Fsp3) is 0.667. The fourth-order valence-electron chi connectivity index (χ4n) is 1.59. The van der Waals surface area contributed by atoms with Gasteiger partial charge in [-0.1, -0.05) is 26.7 Å². The molecule has 0 aliphatic carbocycles. The summed E-state index contributed by atoms with van der Waals surface area (Å²) < 4.78 is 12.4. The molecule has 0 amide bonds. The first-order valence-corrected chi connectivity index (χ1v) is 5.93. The zero-order valence-corrected chi connectivity index (χ0v) is 10.0. The number of nitrogens with one attached hydrogen (secondary N) is 1. The molecule has 0 aliphatic heterocycles. The van der Waals surface area contributed by atoms with Gasteiger partial charge < -0.3 is 5.32 Å². The third-order valence-corrected chi connectivity index (χ3v) is 2.61. The lowest BCUT2D eigenvalue weighted by molar-refractivity contribution is 0.475. The van der Waals surface area contributed by atoms with E-state index < -0.39 is 6.67 Å². The van der Waals surface area contributed by atoms with Gasteiger partial charge in [-0.15, -0.1) is 0 Å². The molecule has 0 bridgehead atoms. The minimum absolute atomic E-state index is 0.419. The van der Waals surface area contributed by atoms with Gasteiger partial charge in [-0.2, -0.15) is 0 Å². The van der Waals surface area contributed by atoms with Crippen LogP contribution in [0.4, 0.5) is 10.2 Å². The third kappa shape index (κ3) is 4.13. The summed E-state index contributed by atoms with van der Waals surface area (Å²) in [6, 6.07) is 2.09. The highest BCUT2D eigenvalue weighted by Gasteiger charge is 2.06. The van der Waals surface area contributed by atoms with Crippen molar-refractivity contribution >= 4 is 5.82 Å². The van der Waals surface area contributed by atoms with Crippen molar-refractivity contribution in [3.8, 4) is 0 Å². The minimum atomic E-state index is -0.539. The van der Waals surface area contributed by atoms with Crippen LogP contribution in [0.15, 0.2) is 12.4 Å². The van der Waals surface area contributed by atoms with E-state index in [9.17, 15) is 4.39 Å². The second kappa shape index (κ2) is 7.14. The first-order chi connectivity index (χ1) is 7.80. The van der Waals surface area contributed by atoms with Crippen LogP contribution in [0.5, 0.6) is 0 Å². The van der Waals surface area contributed by atoms with Gasteiger partial charge in [0.15, 0.2) is 0 Å². The number of halogens is 1. The predicted octanol–water partition coefficient (Wildman–Crippen LogP) is 3.33. The Hall–Kier alpha value is -1.19. The molecular weight excluding hydrogens is 205 g/mol. The average Bonchev–Trinajstić information content (AvgIpc) is 2.34. The lowest BCUT2D eigenvalue weighted by Gasteiger charge is -2.17. The van der Waals surface area contributed by atoms with Crippen molar-refractivity contribution in [3.63, 3.8) is 0 Å². The van der Waals surface area contributed by atoms with Crippen LogP contribution in [0.25, 0.3) is 0 Å². The van der Waals surface area contributed by atoms with E-state index in [4.69, 9.17) is 0 Å². The Morgan fingerprint density at radius 3 is 2.81 bits per heavy atom. The molecular formula is C12H20FN3. The number of nitrogens with zero attached hydrogens (tertiary/aromatic N) is 2. The van der Waals surface area contributed by atoms with Gasteiger partial charge in [0.1, 0.15) is 18.8 Å². The molecule has 0 saturated heterocycles. The lowest BCUT2D eigenvalue weighted by atomic mass is 10.1. The summed E-state index contributed by atoms with van der Waals surface area (Å²) in [6.45, 7) is 3.78. The molecule has 1 N–H and O–H groups in total. The number of hydrogen-bond acceptors (Lipinski definition) is 3. The molecule has 0 saturated carbocycles. The molecule has 0 unspecified atom stereocenters. The van der Waals surface area contributed by atoms with Crippen LogP contribution in [-0.2, 0) is 6.67 Å². The van der Waals surface area contributed by atoms with Gasteiger partial charge in [0.2, 0.25) is 0 Å². The van der Waals surface area contributed by atoms with E-state index >= 15 is 0 Å². The maximum Gasteiger partial charge on any atom is 0.132 e. The van der Waals surface area contributed by atoms with Crippen LogP contribution >= 0.6 is 0 Å². The Bertz CT molecular complexity index is 304.